The van der Waals surface area contributed by atoms with Gasteiger partial charge in [-0.1, -0.05) is 11.6 Å². The molecule has 0 amide bonds. The van der Waals surface area contributed by atoms with E-state index in [-0.39, 0.29) is 0 Å². The predicted molar refractivity (Wildman–Crippen MR) is 70.8 cm³/mol. The lowest BCUT2D eigenvalue weighted by Gasteiger charge is -2.14. The first kappa shape index (κ1) is 12.3. The summed E-state index contributed by atoms with van der Waals surface area (Å²) in [4.78, 5) is 8.55. The molecule has 1 N–H and O–H groups in total. The molecule has 2 aromatic heterocycles. The number of aromatic nitrogens is 3. The van der Waals surface area contributed by atoms with E-state index in [1.54, 1.807) is 12.4 Å². The van der Waals surface area contributed by atoms with Gasteiger partial charge in [0.25, 0.3) is 0 Å². The molecule has 2 aromatic rings. The molecule has 100 valence electrons. The zero-order chi connectivity index (χ0) is 13.1. The fraction of sp³-hybridized carbons (Fsp3) is 0.500. The topological polar surface area (TPSA) is 63.8 Å². The van der Waals surface area contributed by atoms with E-state index >= 15 is 0 Å². The van der Waals surface area contributed by atoms with Crippen molar-refractivity contribution in [2.45, 2.75) is 37.6 Å². The Morgan fingerprint density at radius 2 is 2.16 bits per heavy atom. The van der Waals surface area contributed by atoms with Crippen molar-refractivity contribution in [3.8, 4) is 0 Å². The molecule has 19 heavy (non-hydrogen) atoms. The van der Waals surface area contributed by atoms with Gasteiger partial charge in [-0.3, -0.25) is 4.98 Å². The van der Waals surface area contributed by atoms with Gasteiger partial charge in [-0.15, -0.1) is 0 Å². The van der Waals surface area contributed by atoms with Gasteiger partial charge in [-0.2, -0.15) is 4.98 Å². The fourth-order valence-corrected chi connectivity index (χ4v) is 2.77. The Kier molecular flexibility index (Phi) is 3.55. The number of hydrogen-bond acceptors (Lipinski definition) is 5. The Bertz CT molecular complexity index is 525. The van der Waals surface area contributed by atoms with Gasteiger partial charge in [0.2, 0.25) is 5.89 Å². The summed E-state index contributed by atoms with van der Waals surface area (Å²) in [5, 5.41) is 7.43. The standard InChI is InChI=1S/C14H18N4O/c1-15-12-4-2-3-11(12)14-17-13(18-19-14)9-10-5-7-16-8-6-10/h5-8,11-12,15H,2-4,9H2,1H3. The Labute approximate surface area is 112 Å². The molecule has 1 saturated carbocycles. The van der Waals surface area contributed by atoms with Gasteiger partial charge >= 0.3 is 0 Å². The molecule has 0 spiro atoms. The van der Waals surface area contributed by atoms with Crippen LogP contribution in [0.3, 0.4) is 0 Å². The summed E-state index contributed by atoms with van der Waals surface area (Å²) in [5.74, 6) is 1.90. The minimum atomic E-state index is 0.365. The van der Waals surface area contributed by atoms with Crippen LogP contribution < -0.4 is 5.32 Å². The van der Waals surface area contributed by atoms with E-state index in [0.29, 0.717) is 18.4 Å². The Hall–Kier alpha value is -1.75. The van der Waals surface area contributed by atoms with Gasteiger partial charge < -0.3 is 9.84 Å². The summed E-state index contributed by atoms with van der Waals surface area (Å²) < 4.78 is 5.44. The van der Waals surface area contributed by atoms with E-state index in [0.717, 1.165) is 23.7 Å². The molecule has 1 aliphatic carbocycles. The second-order valence-electron chi connectivity index (χ2n) is 5.01. The van der Waals surface area contributed by atoms with Crippen molar-refractivity contribution in [3.05, 3.63) is 41.8 Å². The van der Waals surface area contributed by atoms with Crippen LogP contribution in [0.15, 0.2) is 29.0 Å². The average Bonchev–Trinajstić information content (AvgIpc) is 3.07. The molecule has 2 unspecified atom stereocenters. The van der Waals surface area contributed by atoms with Gasteiger partial charge in [0.1, 0.15) is 0 Å². The quantitative estimate of drug-likeness (QED) is 0.907. The molecule has 0 aliphatic heterocycles. The molecule has 3 rings (SSSR count). The number of rotatable bonds is 4. The molecular weight excluding hydrogens is 240 g/mol. The first-order valence-electron chi connectivity index (χ1n) is 6.75. The zero-order valence-corrected chi connectivity index (χ0v) is 11.0. The van der Waals surface area contributed by atoms with Crippen molar-refractivity contribution in [1.82, 2.24) is 20.4 Å². The van der Waals surface area contributed by atoms with E-state index < -0.39 is 0 Å². The highest BCUT2D eigenvalue weighted by Gasteiger charge is 2.31. The number of nitrogens with zero attached hydrogens (tertiary/aromatic N) is 3. The van der Waals surface area contributed by atoms with E-state index in [1.807, 2.05) is 19.2 Å². The Balaban J connectivity index is 1.73. The van der Waals surface area contributed by atoms with Crippen LogP contribution in [0, 0.1) is 0 Å². The molecule has 0 aromatic carbocycles. The van der Waals surface area contributed by atoms with Crippen LogP contribution in [0.4, 0.5) is 0 Å². The normalized spacial score (nSPS) is 22.8. The van der Waals surface area contributed by atoms with Crippen LogP contribution >= 0.6 is 0 Å². The largest absolute Gasteiger partial charge is 0.339 e. The van der Waals surface area contributed by atoms with Crippen molar-refractivity contribution < 1.29 is 4.52 Å². The van der Waals surface area contributed by atoms with Gasteiger partial charge in [0.15, 0.2) is 5.82 Å². The number of nitrogens with one attached hydrogen (secondary N) is 1. The first-order chi connectivity index (χ1) is 9.36. The maximum Gasteiger partial charge on any atom is 0.231 e. The minimum absolute atomic E-state index is 0.365. The predicted octanol–water partition coefficient (Wildman–Crippen LogP) is 1.91. The molecule has 5 heteroatoms. The fourth-order valence-electron chi connectivity index (χ4n) is 2.77. The highest BCUT2D eigenvalue weighted by Crippen LogP contribution is 2.33. The van der Waals surface area contributed by atoms with Crippen LogP contribution in [-0.2, 0) is 6.42 Å². The van der Waals surface area contributed by atoms with E-state index in [9.17, 15) is 0 Å². The molecule has 2 heterocycles. The number of hydrogen-bond donors (Lipinski definition) is 1. The Morgan fingerprint density at radius 3 is 2.95 bits per heavy atom. The second-order valence-corrected chi connectivity index (χ2v) is 5.01. The molecule has 2 atom stereocenters. The summed E-state index contributed by atoms with van der Waals surface area (Å²) in [6.07, 6.45) is 7.79. The van der Waals surface area contributed by atoms with E-state index in [1.165, 1.54) is 12.8 Å². The van der Waals surface area contributed by atoms with Crippen LogP contribution in [-0.4, -0.2) is 28.2 Å². The van der Waals surface area contributed by atoms with Crippen molar-refractivity contribution >= 4 is 0 Å². The SMILES string of the molecule is CNC1CCCC1c1nc(Cc2ccncc2)no1. The number of pyridine rings is 1. The van der Waals surface area contributed by atoms with Gasteiger partial charge in [-0.25, -0.2) is 0 Å². The molecule has 0 bridgehead atoms. The third-order valence-corrected chi connectivity index (χ3v) is 3.80. The number of likely N-dealkylation sites (N-methyl/N-ethyl adjacent to an activating group) is 1. The van der Waals surface area contributed by atoms with Crippen molar-refractivity contribution in [3.63, 3.8) is 0 Å². The molecule has 1 aliphatic rings. The lowest BCUT2D eigenvalue weighted by atomic mass is 10.0. The van der Waals surface area contributed by atoms with E-state index in [2.05, 4.69) is 20.4 Å². The summed E-state index contributed by atoms with van der Waals surface area (Å²) in [6, 6.07) is 4.42. The average molecular weight is 258 g/mol. The van der Waals surface area contributed by atoms with Crippen LogP contribution in [0.5, 0.6) is 0 Å². The summed E-state index contributed by atoms with van der Waals surface area (Å²) in [6.45, 7) is 0. The third kappa shape index (κ3) is 2.66. The van der Waals surface area contributed by atoms with Crippen molar-refractivity contribution in [1.29, 1.82) is 0 Å². The van der Waals surface area contributed by atoms with Crippen LogP contribution in [0.1, 0.15) is 42.5 Å². The third-order valence-electron chi connectivity index (χ3n) is 3.80. The summed E-state index contributed by atoms with van der Waals surface area (Å²) in [5.41, 5.74) is 1.15. The monoisotopic (exact) mass is 258 g/mol. The highest BCUT2D eigenvalue weighted by molar-refractivity contribution is 5.15. The van der Waals surface area contributed by atoms with Gasteiger partial charge in [-0.05, 0) is 37.6 Å². The molecule has 0 radical (unpaired) electrons. The Morgan fingerprint density at radius 1 is 1.32 bits per heavy atom. The lowest BCUT2D eigenvalue weighted by molar-refractivity contribution is 0.332. The highest BCUT2D eigenvalue weighted by atomic mass is 16.5. The first-order valence-corrected chi connectivity index (χ1v) is 6.75. The molecular formula is C14H18N4O. The van der Waals surface area contributed by atoms with Crippen LogP contribution in [0.2, 0.25) is 0 Å². The molecule has 1 fully saturated rings. The molecule has 0 saturated heterocycles. The zero-order valence-electron chi connectivity index (χ0n) is 11.0. The van der Waals surface area contributed by atoms with Gasteiger partial charge in [0.05, 0.1) is 5.92 Å². The minimum Gasteiger partial charge on any atom is -0.339 e. The second kappa shape index (κ2) is 5.48. The maximum absolute atomic E-state index is 5.44. The van der Waals surface area contributed by atoms with E-state index in [4.69, 9.17) is 4.52 Å². The maximum atomic E-state index is 5.44. The lowest BCUT2D eigenvalue weighted by Crippen LogP contribution is -2.27. The van der Waals surface area contributed by atoms with Crippen LogP contribution in [0.25, 0.3) is 0 Å². The summed E-state index contributed by atoms with van der Waals surface area (Å²) >= 11 is 0. The summed E-state index contributed by atoms with van der Waals surface area (Å²) in [7, 11) is 2.00. The van der Waals surface area contributed by atoms with Gasteiger partial charge in [0, 0.05) is 24.9 Å². The molecule has 5 nitrogen and oxygen atoms in total. The van der Waals surface area contributed by atoms with Crippen molar-refractivity contribution in [2.75, 3.05) is 7.05 Å². The van der Waals surface area contributed by atoms with Crippen molar-refractivity contribution in [2.24, 2.45) is 0 Å². The smallest absolute Gasteiger partial charge is 0.231 e.